The molecule has 0 radical (unpaired) electrons. The molecule has 6 heteroatoms. The van der Waals surface area contributed by atoms with Gasteiger partial charge in [0.1, 0.15) is 5.82 Å². The van der Waals surface area contributed by atoms with Gasteiger partial charge in [0.25, 0.3) is 5.91 Å². The molecule has 118 valence electrons. The topological polar surface area (TPSA) is 38.8 Å². The Morgan fingerprint density at radius 1 is 1.22 bits per heavy atom. The smallest absolute Gasteiger partial charge is 0.258 e. The average Bonchev–Trinajstić information content (AvgIpc) is 3.02. The zero-order chi connectivity index (χ0) is 16.0. The number of halogens is 2. The summed E-state index contributed by atoms with van der Waals surface area (Å²) >= 11 is 6.15. The lowest BCUT2D eigenvalue weighted by Crippen LogP contribution is -2.35. The summed E-state index contributed by atoms with van der Waals surface area (Å²) in [6, 6.07) is 7.73. The van der Waals surface area contributed by atoms with Gasteiger partial charge in [0.05, 0.1) is 10.7 Å². The fourth-order valence-corrected chi connectivity index (χ4v) is 3.27. The first-order chi connectivity index (χ1) is 11.1. The van der Waals surface area contributed by atoms with Crippen molar-refractivity contribution in [3.63, 3.8) is 0 Å². The molecule has 0 saturated carbocycles. The van der Waals surface area contributed by atoms with E-state index in [0.29, 0.717) is 34.3 Å². The third-order valence-electron chi connectivity index (χ3n) is 4.09. The first-order valence-electron chi connectivity index (χ1n) is 7.33. The number of benzene rings is 2. The lowest BCUT2D eigenvalue weighted by Gasteiger charge is -2.29. The van der Waals surface area contributed by atoms with Gasteiger partial charge in [-0.15, -0.1) is 0 Å². The molecule has 23 heavy (non-hydrogen) atoms. The zero-order valence-corrected chi connectivity index (χ0v) is 12.9. The van der Waals surface area contributed by atoms with Crippen molar-refractivity contribution < 1.29 is 18.7 Å². The molecule has 1 amide bonds. The fourth-order valence-electron chi connectivity index (χ4n) is 3.01. The maximum atomic E-state index is 13.6. The summed E-state index contributed by atoms with van der Waals surface area (Å²) in [6.45, 7) is 0.631. The largest absolute Gasteiger partial charge is 0.454 e. The van der Waals surface area contributed by atoms with Crippen LogP contribution in [-0.4, -0.2) is 19.2 Å². The molecule has 0 unspecified atom stereocenters. The van der Waals surface area contributed by atoms with E-state index in [2.05, 4.69) is 0 Å². The van der Waals surface area contributed by atoms with Gasteiger partial charge in [0.2, 0.25) is 6.79 Å². The maximum Gasteiger partial charge on any atom is 0.258 e. The van der Waals surface area contributed by atoms with Crippen molar-refractivity contribution in [3.05, 3.63) is 52.3 Å². The van der Waals surface area contributed by atoms with Crippen LogP contribution >= 0.6 is 11.6 Å². The molecule has 4 nitrogen and oxygen atoms in total. The Morgan fingerprint density at radius 2 is 2.09 bits per heavy atom. The Morgan fingerprint density at radius 3 is 2.96 bits per heavy atom. The molecule has 0 aliphatic carbocycles. The second kappa shape index (κ2) is 5.42. The number of rotatable bonds is 1. The molecule has 0 N–H and O–H groups in total. The average molecular weight is 334 g/mol. The van der Waals surface area contributed by atoms with Crippen LogP contribution in [-0.2, 0) is 6.42 Å². The Labute approximate surface area is 137 Å². The molecule has 0 atom stereocenters. The van der Waals surface area contributed by atoms with Gasteiger partial charge in [-0.3, -0.25) is 4.79 Å². The number of aryl methyl sites for hydroxylation is 1. The fraction of sp³-hybridized carbons (Fsp3) is 0.235. The summed E-state index contributed by atoms with van der Waals surface area (Å²) < 4.78 is 24.1. The summed E-state index contributed by atoms with van der Waals surface area (Å²) in [5, 5.41) is 0.333. The number of fused-ring (bicyclic) bond motifs is 2. The van der Waals surface area contributed by atoms with Crippen molar-refractivity contribution in [3.8, 4) is 11.5 Å². The molecule has 2 heterocycles. The zero-order valence-electron chi connectivity index (χ0n) is 12.1. The Kier molecular flexibility index (Phi) is 3.38. The second-order valence-electron chi connectivity index (χ2n) is 5.53. The summed E-state index contributed by atoms with van der Waals surface area (Å²) in [7, 11) is 0. The summed E-state index contributed by atoms with van der Waals surface area (Å²) in [5.41, 5.74) is 1.99. The quantitative estimate of drug-likeness (QED) is 0.796. The summed E-state index contributed by atoms with van der Waals surface area (Å²) in [4.78, 5) is 14.5. The highest BCUT2D eigenvalue weighted by Gasteiger charge is 2.27. The van der Waals surface area contributed by atoms with Gasteiger partial charge in [-0.05, 0) is 42.7 Å². The number of hydrogen-bond donors (Lipinski definition) is 0. The number of amides is 1. The van der Waals surface area contributed by atoms with E-state index in [1.54, 1.807) is 23.1 Å². The van der Waals surface area contributed by atoms with Crippen molar-refractivity contribution in [2.75, 3.05) is 18.2 Å². The molecule has 2 aliphatic rings. The monoisotopic (exact) mass is 333 g/mol. The first-order valence-corrected chi connectivity index (χ1v) is 7.71. The molecule has 0 spiro atoms. The lowest BCUT2D eigenvalue weighted by molar-refractivity contribution is 0.0984. The van der Waals surface area contributed by atoms with E-state index in [9.17, 15) is 9.18 Å². The van der Waals surface area contributed by atoms with Crippen LogP contribution in [0.4, 0.5) is 10.1 Å². The predicted molar refractivity (Wildman–Crippen MR) is 84.0 cm³/mol. The van der Waals surface area contributed by atoms with Crippen LogP contribution in [0.2, 0.25) is 5.02 Å². The van der Waals surface area contributed by atoms with Gasteiger partial charge in [-0.1, -0.05) is 17.7 Å². The highest BCUT2D eigenvalue weighted by atomic mass is 35.5. The third-order valence-corrected chi connectivity index (χ3v) is 4.37. The van der Waals surface area contributed by atoms with Crippen LogP contribution in [0.15, 0.2) is 30.3 Å². The van der Waals surface area contributed by atoms with Gasteiger partial charge >= 0.3 is 0 Å². The standard InChI is InChI=1S/C17H13ClFNO3/c18-13-6-11(7-15-16(13)23-9-22-15)17(21)20-5-1-2-10-3-4-12(19)8-14(10)20/h3-4,6-8H,1-2,5,9H2. The van der Waals surface area contributed by atoms with Gasteiger partial charge in [-0.25, -0.2) is 4.39 Å². The number of ether oxygens (including phenoxy) is 2. The molecule has 2 aromatic rings. The van der Waals surface area contributed by atoms with Gasteiger partial charge in [0.15, 0.2) is 11.5 Å². The molecule has 2 aliphatic heterocycles. The van der Waals surface area contributed by atoms with E-state index in [1.807, 2.05) is 0 Å². The van der Waals surface area contributed by atoms with Crippen molar-refractivity contribution in [1.29, 1.82) is 0 Å². The Balaban J connectivity index is 1.74. The van der Waals surface area contributed by atoms with E-state index < -0.39 is 0 Å². The van der Waals surface area contributed by atoms with Crippen molar-refractivity contribution >= 4 is 23.2 Å². The normalized spacial score (nSPS) is 15.5. The number of nitrogens with zero attached hydrogens (tertiary/aromatic N) is 1. The summed E-state index contributed by atoms with van der Waals surface area (Å²) in [6.07, 6.45) is 1.67. The molecular formula is C17H13ClFNO3. The van der Waals surface area contributed by atoms with Crippen molar-refractivity contribution in [2.24, 2.45) is 0 Å². The van der Waals surface area contributed by atoms with Gasteiger partial charge < -0.3 is 14.4 Å². The second-order valence-corrected chi connectivity index (χ2v) is 5.93. The van der Waals surface area contributed by atoms with Crippen LogP contribution in [0.1, 0.15) is 22.3 Å². The van der Waals surface area contributed by atoms with E-state index in [1.165, 1.54) is 12.1 Å². The van der Waals surface area contributed by atoms with Crippen molar-refractivity contribution in [1.82, 2.24) is 0 Å². The molecular weight excluding hydrogens is 321 g/mol. The number of carbonyl (C=O) groups excluding carboxylic acids is 1. The van der Waals surface area contributed by atoms with Gasteiger partial charge in [0, 0.05) is 12.1 Å². The van der Waals surface area contributed by atoms with Crippen LogP contribution in [0.25, 0.3) is 0 Å². The molecule has 0 fully saturated rings. The lowest BCUT2D eigenvalue weighted by atomic mass is 10.0. The molecule has 2 aromatic carbocycles. The van der Waals surface area contributed by atoms with Crippen LogP contribution in [0.5, 0.6) is 11.5 Å². The number of hydrogen-bond acceptors (Lipinski definition) is 3. The number of carbonyl (C=O) groups is 1. The minimum atomic E-state index is -0.354. The molecule has 0 aromatic heterocycles. The maximum absolute atomic E-state index is 13.6. The summed E-state index contributed by atoms with van der Waals surface area (Å²) in [5.74, 6) is 0.328. The first kappa shape index (κ1) is 14.3. The molecule has 4 rings (SSSR count). The molecule has 0 bridgehead atoms. The Hall–Kier alpha value is -2.27. The van der Waals surface area contributed by atoms with E-state index in [0.717, 1.165) is 18.4 Å². The van der Waals surface area contributed by atoms with Crippen LogP contribution in [0.3, 0.4) is 0 Å². The SMILES string of the molecule is O=C(c1cc(Cl)c2c(c1)OCO2)N1CCCc2ccc(F)cc21. The van der Waals surface area contributed by atoms with Crippen LogP contribution in [0, 0.1) is 5.82 Å². The van der Waals surface area contributed by atoms with E-state index >= 15 is 0 Å². The van der Waals surface area contributed by atoms with Crippen LogP contribution < -0.4 is 14.4 Å². The Bertz CT molecular complexity index is 809. The minimum Gasteiger partial charge on any atom is -0.454 e. The van der Waals surface area contributed by atoms with E-state index in [-0.39, 0.29) is 18.5 Å². The number of anilines is 1. The minimum absolute atomic E-state index is 0.0878. The molecule has 0 saturated heterocycles. The van der Waals surface area contributed by atoms with Crippen molar-refractivity contribution in [2.45, 2.75) is 12.8 Å². The predicted octanol–water partition coefficient (Wildman–Crippen LogP) is 3.80. The third kappa shape index (κ3) is 2.41. The highest BCUT2D eigenvalue weighted by Crippen LogP contribution is 2.40. The van der Waals surface area contributed by atoms with Gasteiger partial charge in [-0.2, -0.15) is 0 Å². The van der Waals surface area contributed by atoms with E-state index in [4.69, 9.17) is 21.1 Å². The highest BCUT2D eigenvalue weighted by molar-refractivity contribution is 6.33.